The average Bonchev–Trinajstić information content (AvgIpc) is 2.60. The number of hydrogen-bond acceptors (Lipinski definition) is 4. The molecule has 1 unspecified atom stereocenters. The van der Waals surface area contributed by atoms with E-state index in [1.807, 2.05) is 30.3 Å². The van der Waals surface area contributed by atoms with Crippen molar-refractivity contribution in [1.82, 2.24) is 4.31 Å². The summed E-state index contributed by atoms with van der Waals surface area (Å²) in [5, 5.41) is -0.299. The zero-order valence-corrected chi connectivity index (χ0v) is 15.3. The van der Waals surface area contributed by atoms with Gasteiger partial charge in [-0.3, -0.25) is 9.10 Å². The van der Waals surface area contributed by atoms with Crippen LogP contribution in [-0.4, -0.2) is 21.7 Å². The molecule has 1 aliphatic rings. The summed E-state index contributed by atoms with van der Waals surface area (Å²) < 4.78 is 6.81. The molecule has 24 heavy (non-hydrogen) atoms. The Labute approximate surface area is 154 Å². The molecule has 0 spiro atoms. The Bertz CT molecular complexity index is 540. The lowest BCUT2D eigenvalue weighted by atomic mass is 9.81. The first-order valence-corrected chi connectivity index (χ1v) is 9.23. The summed E-state index contributed by atoms with van der Waals surface area (Å²) in [6.45, 7) is 0.245. The molecule has 2 rings (SSSR count). The lowest BCUT2D eigenvalue weighted by Gasteiger charge is -2.36. The van der Waals surface area contributed by atoms with Gasteiger partial charge in [-0.15, -0.1) is 0 Å². The lowest BCUT2D eigenvalue weighted by Crippen LogP contribution is -2.40. The van der Waals surface area contributed by atoms with E-state index in [1.54, 1.807) is 0 Å². The molecule has 1 saturated carbocycles. The number of ether oxygens (including phenoxy) is 1. The van der Waals surface area contributed by atoms with Crippen LogP contribution < -0.4 is 0 Å². The van der Waals surface area contributed by atoms with Gasteiger partial charge in [0.25, 0.3) is 0 Å². The molecular formula is C18H24ClNO3S. The van der Waals surface area contributed by atoms with E-state index in [0.29, 0.717) is 12.3 Å². The second-order valence-corrected chi connectivity index (χ2v) is 7.10. The number of thiol groups is 1. The van der Waals surface area contributed by atoms with Crippen molar-refractivity contribution in [3.05, 3.63) is 35.9 Å². The van der Waals surface area contributed by atoms with Crippen LogP contribution in [0, 0.1) is 5.92 Å². The smallest absolute Gasteiger partial charge is 0.420 e. The van der Waals surface area contributed by atoms with Crippen molar-refractivity contribution in [2.75, 3.05) is 0 Å². The number of nitrogens with zero attached hydrogens (tertiary/aromatic N) is 1. The number of carbonyl (C=O) groups is 2. The van der Waals surface area contributed by atoms with E-state index in [1.165, 1.54) is 4.31 Å². The Hall–Kier alpha value is -1.20. The van der Waals surface area contributed by atoms with Gasteiger partial charge in [-0.2, -0.15) is 0 Å². The number of halogens is 1. The highest BCUT2D eigenvalue weighted by molar-refractivity contribution is 7.78. The first-order chi connectivity index (χ1) is 11.6. The minimum absolute atomic E-state index is 0.0517. The van der Waals surface area contributed by atoms with E-state index >= 15 is 0 Å². The van der Waals surface area contributed by atoms with Crippen molar-refractivity contribution in [2.24, 2.45) is 5.92 Å². The quantitative estimate of drug-likeness (QED) is 0.545. The highest BCUT2D eigenvalue weighted by Gasteiger charge is 2.32. The normalized spacial score (nSPS) is 20.4. The first kappa shape index (κ1) is 19.1. The second kappa shape index (κ2) is 9.94. The SMILES string of the molecule is O=C(Cl)CCCC1CCCC[C@@H]1N(S)C(=O)OCc1ccccc1. The van der Waals surface area contributed by atoms with E-state index in [9.17, 15) is 9.59 Å². The Morgan fingerprint density at radius 3 is 2.62 bits per heavy atom. The standard InChI is InChI=1S/C18H24ClNO3S/c19-17(21)12-6-10-15-9-4-5-11-16(15)20(24)18(22)23-13-14-7-2-1-3-8-14/h1-3,7-8,15-16,24H,4-6,9-13H2/t15?,16-/m0/s1. The molecule has 2 atom stereocenters. The summed E-state index contributed by atoms with van der Waals surface area (Å²) in [5.74, 6) is 0.344. The van der Waals surface area contributed by atoms with Gasteiger partial charge in [-0.05, 0) is 48.8 Å². The van der Waals surface area contributed by atoms with Crippen LogP contribution in [0.4, 0.5) is 4.79 Å². The Morgan fingerprint density at radius 1 is 1.21 bits per heavy atom. The van der Waals surface area contributed by atoms with Crippen molar-refractivity contribution in [3.8, 4) is 0 Å². The molecule has 1 aromatic carbocycles. The van der Waals surface area contributed by atoms with Gasteiger partial charge in [0.1, 0.15) is 6.61 Å². The monoisotopic (exact) mass is 369 g/mol. The zero-order valence-electron chi connectivity index (χ0n) is 13.7. The molecular weight excluding hydrogens is 346 g/mol. The molecule has 1 aromatic rings. The van der Waals surface area contributed by atoms with Crippen molar-refractivity contribution in [3.63, 3.8) is 0 Å². The third-order valence-electron chi connectivity index (χ3n) is 4.52. The molecule has 0 heterocycles. The largest absolute Gasteiger partial charge is 0.444 e. The zero-order chi connectivity index (χ0) is 17.4. The summed E-state index contributed by atoms with van der Waals surface area (Å²) in [5.41, 5.74) is 0.952. The van der Waals surface area contributed by atoms with Gasteiger partial charge in [-0.25, -0.2) is 4.79 Å². The van der Waals surface area contributed by atoms with Crippen LogP contribution in [0.1, 0.15) is 50.5 Å². The van der Waals surface area contributed by atoms with Gasteiger partial charge in [0.2, 0.25) is 5.24 Å². The molecule has 132 valence electrons. The molecule has 6 heteroatoms. The molecule has 0 N–H and O–H groups in total. The maximum Gasteiger partial charge on any atom is 0.420 e. The minimum atomic E-state index is -0.410. The number of rotatable bonds is 7. The predicted molar refractivity (Wildman–Crippen MR) is 97.9 cm³/mol. The van der Waals surface area contributed by atoms with Crippen LogP contribution >= 0.6 is 24.4 Å². The van der Waals surface area contributed by atoms with Crippen molar-refractivity contribution in [1.29, 1.82) is 0 Å². The summed E-state index contributed by atoms with van der Waals surface area (Å²) in [4.78, 5) is 23.2. The summed E-state index contributed by atoms with van der Waals surface area (Å²) in [6.07, 6.45) is 5.81. The fraction of sp³-hybridized carbons (Fsp3) is 0.556. The topological polar surface area (TPSA) is 46.6 Å². The van der Waals surface area contributed by atoms with E-state index in [0.717, 1.165) is 44.1 Å². The fourth-order valence-corrected chi connectivity index (χ4v) is 3.77. The van der Waals surface area contributed by atoms with Crippen molar-refractivity contribution < 1.29 is 14.3 Å². The number of benzene rings is 1. The summed E-state index contributed by atoms with van der Waals surface area (Å²) in [7, 11) is 0. The molecule has 0 aromatic heterocycles. The predicted octanol–water partition coefficient (Wildman–Crippen LogP) is 4.96. The van der Waals surface area contributed by atoms with Gasteiger partial charge >= 0.3 is 6.09 Å². The average molecular weight is 370 g/mol. The van der Waals surface area contributed by atoms with E-state index in [2.05, 4.69) is 12.8 Å². The number of carbonyl (C=O) groups excluding carboxylic acids is 2. The highest BCUT2D eigenvalue weighted by atomic mass is 35.5. The number of hydrogen-bond donors (Lipinski definition) is 1. The molecule has 0 bridgehead atoms. The van der Waals surface area contributed by atoms with Crippen LogP contribution in [0.3, 0.4) is 0 Å². The van der Waals surface area contributed by atoms with Crippen molar-refractivity contribution in [2.45, 2.75) is 57.6 Å². The third kappa shape index (κ3) is 6.02. The van der Waals surface area contributed by atoms with Crippen LogP contribution in [0.2, 0.25) is 0 Å². The molecule has 4 nitrogen and oxygen atoms in total. The van der Waals surface area contributed by atoms with Crippen LogP contribution in [0.25, 0.3) is 0 Å². The molecule has 1 aliphatic carbocycles. The maximum absolute atomic E-state index is 12.3. The third-order valence-corrected chi connectivity index (χ3v) is 5.17. The van der Waals surface area contributed by atoms with Crippen LogP contribution in [-0.2, 0) is 16.1 Å². The van der Waals surface area contributed by atoms with Crippen LogP contribution in [0.15, 0.2) is 30.3 Å². The highest BCUT2D eigenvalue weighted by Crippen LogP contribution is 2.33. The van der Waals surface area contributed by atoms with Gasteiger partial charge in [-0.1, -0.05) is 56.0 Å². The first-order valence-electron chi connectivity index (χ1n) is 8.45. The van der Waals surface area contributed by atoms with Gasteiger partial charge < -0.3 is 4.74 Å². The molecule has 0 radical (unpaired) electrons. The molecule has 1 fully saturated rings. The summed E-state index contributed by atoms with van der Waals surface area (Å²) >= 11 is 9.81. The van der Waals surface area contributed by atoms with E-state index < -0.39 is 6.09 Å². The molecule has 0 saturated heterocycles. The maximum atomic E-state index is 12.3. The second-order valence-electron chi connectivity index (χ2n) is 6.24. The van der Waals surface area contributed by atoms with E-state index in [4.69, 9.17) is 16.3 Å². The van der Waals surface area contributed by atoms with Crippen LogP contribution in [0.5, 0.6) is 0 Å². The van der Waals surface area contributed by atoms with Crippen molar-refractivity contribution >= 4 is 35.8 Å². The Balaban J connectivity index is 1.85. The minimum Gasteiger partial charge on any atom is -0.444 e. The Morgan fingerprint density at radius 2 is 1.92 bits per heavy atom. The molecule has 0 aliphatic heterocycles. The van der Waals surface area contributed by atoms with Gasteiger partial charge in [0, 0.05) is 12.5 Å². The van der Waals surface area contributed by atoms with Gasteiger partial charge in [0.05, 0.1) is 0 Å². The number of amides is 1. The lowest BCUT2D eigenvalue weighted by molar-refractivity contribution is -0.111. The fourth-order valence-electron chi connectivity index (χ4n) is 3.27. The summed E-state index contributed by atoms with van der Waals surface area (Å²) in [6, 6.07) is 9.64. The Kier molecular flexibility index (Phi) is 7.92. The van der Waals surface area contributed by atoms with E-state index in [-0.39, 0.29) is 17.9 Å². The molecule has 1 amide bonds. The van der Waals surface area contributed by atoms with Gasteiger partial charge in [0.15, 0.2) is 0 Å².